The molecule has 0 radical (unpaired) electrons. The van der Waals surface area contributed by atoms with Crippen LogP contribution in [0.25, 0.3) is 0 Å². The maximum absolute atomic E-state index is 12.1. The van der Waals surface area contributed by atoms with Crippen LogP contribution in [-0.4, -0.2) is 34.6 Å². The van der Waals surface area contributed by atoms with E-state index in [1.54, 1.807) is 6.92 Å². The van der Waals surface area contributed by atoms with E-state index in [2.05, 4.69) is 5.32 Å². The number of carbonyl (C=O) groups excluding carboxylic acids is 1. The highest BCUT2D eigenvalue weighted by Crippen LogP contribution is 2.28. The van der Waals surface area contributed by atoms with Gasteiger partial charge in [0, 0.05) is 11.6 Å². The Labute approximate surface area is 133 Å². The number of nitrogens with zero attached hydrogens (tertiary/aromatic N) is 1. The highest BCUT2D eigenvalue weighted by atomic mass is 16.6. The van der Waals surface area contributed by atoms with Crippen LogP contribution in [0, 0.1) is 10.1 Å². The molecule has 0 saturated carbocycles. The number of hydrogen-bond acceptors (Lipinski definition) is 5. The standard InChI is InChI=1S/C15H20N2O6/c1-3-5-6-11(15(19)20)16-14(18)10-7-8-13(23-4-2)12(9-10)17(21)22/h7-9,11H,3-6H2,1-2H3,(H,16,18)(H,19,20). The fourth-order valence-electron chi connectivity index (χ4n) is 1.99. The molecule has 0 saturated heterocycles. The van der Waals surface area contributed by atoms with Crippen molar-refractivity contribution in [2.75, 3.05) is 6.61 Å². The van der Waals surface area contributed by atoms with Gasteiger partial charge in [0.05, 0.1) is 11.5 Å². The Morgan fingerprint density at radius 2 is 2.09 bits per heavy atom. The molecule has 0 aliphatic carbocycles. The predicted molar refractivity (Wildman–Crippen MR) is 82.7 cm³/mol. The number of amides is 1. The largest absolute Gasteiger partial charge is 0.487 e. The Bertz CT molecular complexity index is 587. The van der Waals surface area contributed by atoms with E-state index in [0.29, 0.717) is 12.8 Å². The first-order valence-electron chi connectivity index (χ1n) is 7.35. The fourth-order valence-corrected chi connectivity index (χ4v) is 1.99. The molecule has 1 rings (SSSR count). The summed E-state index contributed by atoms with van der Waals surface area (Å²) in [4.78, 5) is 33.7. The Morgan fingerprint density at radius 1 is 1.39 bits per heavy atom. The molecule has 8 heteroatoms. The molecular formula is C15H20N2O6. The molecule has 1 aromatic carbocycles. The number of carboxylic acid groups (broad SMARTS) is 1. The third kappa shape index (κ3) is 5.24. The number of nitro benzene ring substituents is 1. The van der Waals surface area contributed by atoms with Crippen molar-refractivity contribution >= 4 is 17.6 Å². The summed E-state index contributed by atoms with van der Waals surface area (Å²) in [5, 5.41) is 22.5. The van der Waals surface area contributed by atoms with E-state index >= 15 is 0 Å². The lowest BCUT2D eigenvalue weighted by Crippen LogP contribution is -2.40. The van der Waals surface area contributed by atoms with Crippen LogP contribution in [-0.2, 0) is 4.79 Å². The molecule has 23 heavy (non-hydrogen) atoms. The zero-order valence-electron chi connectivity index (χ0n) is 13.1. The SMILES string of the molecule is CCCCC(NC(=O)c1ccc(OCC)c([N+](=O)[O-])c1)C(=O)O. The van der Waals surface area contributed by atoms with Crippen LogP contribution in [0.5, 0.6) is 5.75 Å². The minimum Gasteiger partial charge on any atom is -0.487 e. The molecule has 0 heterocycles. The lowest BCUT2D eigenvalue weighted by molar-refractivity contribution is -0.385. The average molecular weight is 324 g/mol. The summed E-state index contributed by atoms with van der Waals surface area (Å²) < 4.78 is 5.14. The van der Waals surface area contributed by atoms with E-state index in [9.17, 15) is 19.7 Å². The molecular weight excluding hydrogens is 304 g/mol. The topological polar surface area (TPSA) is 119 Å². The molecule has 1 aromatic rings. The van der Waals surface area contributed by atoms with E-state index in [0.717, 1.165) is 12.5 Å². The molecule has 0 fully saturated rings. The van der Waals surface area contributed by atoms with Crippen molar-refractivity contribution < 1.29 is 24.4 Å². The molecule has 8 nitrogen and oxygen atoms in total. The van der Waals surface area contributed by atoms with Gasteiger partial charge in [0.1, 0.15) is 6.04 Å². The number of hydrogen-bond donors (Lipinski definition) is 2. The zero-order valence-corrected chi connectivity index (χ0v) is 13.1. The first-order chi connectivity index (χ1) is 10.9. The van der Waals surface area contributed by atoms with Crippen LogP contribution in [0.15, 0.2) is 18.2 Å². The van der Waals surface area contributed by atoms with Crippen LogP contribution in [0.2, 0.25) is 0 Å². The van der Waals surface area contributed by atoms with Gasteiger partial charge in [0.25, 0.3) is 5.91 Å². The van der Waals surface area contributed by atoms with Gasteiger partial charge < -0.3 is 15.2 Å². The Balaban J connectivity index is 2.96. The molecule has 0 aliphatic rings. The average Bonchev–Trinajstić information content (AvgIpc) is 2.51. The lowest BCUT2D eigenvalue weighted by atomic mass is 10.1. The van der Waals surface area contributed by atoms with Crippen LogP contribution < -0.4 is 10.1 Å². The van der Waals surface area contributed by atoms with Crippen molar-refractivity contribution in [1.82, 2.24) is 5.32 Å². The third-order valence-corrected chi connectivity index (χ3v) is 3.17. The van der Waals surface area contributed by atoms with Gasteiger partial charge >= 0.3 is 11.7 Å². The summed E-state index contributed by atoms with van der Waals surface area (Å²) in [5.74, 6) is -1.73. The van der Waals surface area contributed by atoms with Crippen molar-refractivity contribution in [2.24, 2.45) is 0 Å². The van der Waals surface area contributed by atoms with Crippen molar-refractivity contribution in [3.63, 3.8) is 0 Å². The molecule has 126 valence electrons. The number of carboxylic acids is 1. The van der Waals surface area contributed by atoms with Gasteiger partial charge in [0.2, 0.25) is 0 Å². The number of nitrogens with one attached hydrogen (secondary N) is 1. The van der Waals surface area contributed by atoms with Crippen molar-refractivity contribution in [1.29, 1.82) is 0 Å². The van der Waals surface area contributed by atoms with Gasteiger partial charge in [-0.3, -0.25) is 14.9 Å². The second-order valence-electron chi connectivity index (χ2n) is 4.88. The van der Waals surface area contributed by atoms with Gasteiger partial charge in [-0.15, -0.1) is 0 Å². The van der Waals surface area contributed by atoms with Crippen molar-refractivity contribution in [3.05, 3.63) is 33.9 Å². The minimum absolute atomic E-state index is 0.0166. The highest BCUT2D eigenvalue weighted by molar-refractivity contribution is 5.97. The summed E-state index contributed by atoms with van der Waals surface area (Å²) in [5.41, 5.74) is -0.317. The number of benzene rings is 1. The van der Waals surface area contributed by atoms with E-state index < -0.39 is 22.8 Å². The molecule has 0 spiro atoms. The summed E-state index contributed by atoms with van der Waals surface area (Å²) in [6.45, 7) is 3.86. The monoisotopic (exact) mass is 324 g/mol. The van der Waals surface area contributed by atoms with E-state index in [1.165, 1.54) is 12.1 Å². The molecule has 2 N–H and O–H groups in total. The van der Waals surface area contributed by atoms with Gasteiger partial charge in [-0.25, -0.2) is 4.79 Å². The van der Waals surface area contributed by atoms with Gasteiger partial charge in [-0.1, -0.05) is 19.8 Å². The van der Waals surface area contributed by atoms with E-state index in [4.69, 9.17) is 9.84 Å². The molecule has 0 aliphatic heterocycles. The zero-order chi connectivity index (χ0) is 17.4. The number of unbranched alkanes of at least 4 members (excludes halogenated alkanes) is 1. The summed E-state index contributed by atoms with van der Waals surface area (Å²) in [6, 6.07) is 2.76. The summed E-state index contributed by atoms with van der Waals surface area (Å²) >= 11 is 0. The normalized spacial score (nSPS) is 11.6. The quantitative estimate of drug-likeness (QED) is 0.531. The molecule has 1 atom stereocenters. The molecule has 0 bridgehead atoms. The number of aliphatic carboxylic acids is 1. The smallest absolute Gasteiger partial charge is 0.326 e. The lowest BCUT2D eigenvalue weighted by Gasteiger charge is -2.14. The first kappa shape index (κ1) is 18.4. The number of rotatable bonds is 9. The summed E-state index contributed by atoms with van der Waals surface area (Å²) in [7, 11) is 0. The molecule has 0 aromatic heterocycles. The van der Waals surface area contributed by atoms with Crippen LogP contribution in [0.4, 0.5) is 5.69 Å². The Hall–Kier alpha value is -2.64. The second kappa shape index (κ2) is 8.72. The van der Waals surface area contributed by atoms with Crippen LogP contribution in [0.1, 0.15) is 43.5 Å². The summed E-state index contributed by atoms with van der Waals surface area (Å²) in [6.07, 6.45) is 1.76. The van der Waals surface area contributed by atoms with Gasteiger partial charge in [0.15, 0.2) is 5.75 Å². The second-order valence-corrected chi connectivity index (χ2v) is 4.88. The Kier molecular flexibility index (Phi) is 6.98. The fraction of sp³-hybridized carbons (Fsp3) is 0.467. The van der Waals surface area contributed by atoms with E-state index in [-0.39, 0.29) is 23.6 Å². The third-order valence-electron chi connectivity index (χ3n) is 3.17. The van der Waals surface area contributed by atoms with Crippen molar-refractivity contribution in [2.45, 2.75) is 39.2 Å². The van der Waals surface area contributed by atoms with Gasteiger partial charge in [-0.05, 0) is 25.5 Å². The van der Waals surface area contributed by atoms with E-state index in [1.807, 2.05) is 6.92 Å². The first-order valence-corrected chi connectivity index (χ1v) is 7.35. The number of ether oxygens (including phenoxy) is 1. The maximum Gasteiger partial charge on any atom is 0.326 e. The maximum atomic E-state index is 12.1. The molecule has 1 unspecified atom stereocenters. The van der Waals surface area contributed by atoms with Crippen LogP contribution >= 0.6 is 0 Å². The van der Waals surface area contributed by atoms with Crippen molar-refractivity contribution in [3.8, 4) is 5.75 Å². The Morgan fingerprint density at radius 3 is 2.61 bits per heavy atom. The molecule has 1 amide bonds. The number of carbonyl (C=O) groups is 2. The van der Waals surface area contributed by atoms with Gasteiger partial charge in [-0.2, -0.15) is 0 Å². The highest BCUT2D eigenvalue weighted by Gasteiger charge is 2.23. The van der Waals surface area contributed by atoms with Crippen LogP contribution in [0.3, 0.4) is 0 Å². The minimum atomic E-state index is -1.13. The number of nitro groups is 1. The predicted octanol–water partition coefficient (Wildman–Crippen LogP) is 2.37.